The molecule has 0 bridgehead atoms. The summed E-state index contributed by atoms with van der Waals surface area (Å²) in [4.78, 5) is 12.1. The lowest BCUT2D eigenvalue weighted by atomic mass is 9.90. The third-order valence-corrected chi connectivity index (χ3v) is 4.24. The zero-order chi connectivity index (χ0) is 13.9. The molecule has 1 aliphatic heterocycles. The molecule has 1 aliphatic rings. The summed E-state index contributed by atoms with van der Waals surface area (Å²) < 4.78 is 0. The molecule has 1 saturated heterocycles. The van der Waals surface area contributed by atoms with E-state index in [2.05, 4.69) is 17.6 Å². The Bertz CT molecular complexity index is 471. The van der Waals surface area contributed by atoms with Gasteiger partial charge in [0.1, 0.15) is 0 Å². The van der Waals surface area contributed by atoms with E-state index in [0.29, 0.717) is 16.5 Å². The summed E-state index contributed by atoms with van der Waals surface area (Å²) >= 11 is 11.8. The Morgan fingerprint density at radius 2 is 2.00 bits per heavy atom. The third kappa shape index (κ3) is 4.10. The molecule has 0 spiro atoms. The first kappa shape index (κ1) is 14.6. The number of piperidine rings is 1. The quantitative estimate of drug-likeness (QED) is 0.901. The van der Waals surface area contributed by atoms with Crippen LogP contribution in [0.25, 0.3) is 0 Å². The Balaban J connectivity index is 1.95. The molecule has 0 atom stereocenters. The lowest BCUT2D eigenvalue weighted by Gasteiger charge is -2.35. The Kier molecular flexibility index (Phi) is 4.71. The van der Waals surface area contributed by atoms with E-state index >= 15 is 0 Å². The van der Waals surface area contributed by atoms with Crippen molar-refractivity contribution in [2.75, 3.05) is 13.1 Å². The van der Waals surface area contributed by atoms with Gasteiger partial charge < -0.3 is 10.6 Å². The van der Waals surface area contributed by atoms with Crippen LogP contribution in [0, 0.1) is 0 Å². The highest BCUT2D eigenvalue weighted by molar-refractivity contribution is 6.42. The minimum absolute atomic E-state index is 0.0304. The predicted molar refractivity (Wildman–Crippen MR) is 78.8 cm³/mol. The van der Waals surface area contributed by atoms with Crippen molar-refractivity contribution in [2.45, 2.75) is 31.7 Å². The van der Waals surface area contributed by atoms with Crippen molar-refractivity contribution in [1.82, 2.24) is 10.6 Å². The summed E-state index contributed by atoms with van der Waals surface area (Å²) in [5, 5.41) is 7.41. The number of halogens is 2. The average molecular weight is 301 g/mol. The number of rotatable bonds is 3. The van der Waals surface area contributed by atoms with Crippen LogP contribution in [0.1, 0.15) is 25.3 Å². The smallest absolute Gasteiger partial charge is 0.224 e. The van der Waals surface area contributed by atoms with E-state index in [4.69, 9.17) is 23.2 Å². The summed E-state index contributed by atoms with van der Waals surface area (Å²) in [5.41, 5.74) is 0.780. The van der Waals surface area contributed by atoms with Crippen LogP contribution in [-0.2, 0) is 11.2 Å². The first-order chi connectivity index (χ1) is 8.98. The van der Waals surface area contributed by atoms with E-state index in [0.717, 1.165) is 31.5 Å². The molecule has 1 heterocycles. The topological polar surface area (TPSA) is 41.1 Å². The van der Waals surface area contributed by atoms with E-state index in [1.54, 1.807) is 12.1 Å². The van der Waals surface area contributed by atoms with Crippen molar-refractivity contribution < 1.29 is 4.79 Å². The number of benzene rings is 1. The molecule has 0 unspecified atom stereocenters. The second-order valence-corrected chi connectivity index (χ2v) is 6.10. The second-order valence-electron chi connectivity index (χ2n) is 5.28. The highest BCUT2D eigenvalue weighted by atomic mass is 35.5. The van der Waals surface area contributed by atoms with Crippen LogP contribution in [-0.4, -0.2) is 24.5 Å². The van der Waals surface area contributed by atoms with E-state index in [-0.39, 0.29) is 11.4 Å². The van der Waals surface area contributed by atoms with Gasteiger partial charge in [-0.05, 0) is 50.6 Å². The molecular formula is C14H18Cl2N2O. The number of carbonyl (C=O) groups excluding carboxylic acids is 1. The SMILES string of the molecule is CC1(NC(=O)Cc2ccc(Cl)c(Cl)c2)CCNCC1. The first-order valence-electron chi connectivity index (χ1n) is 6.44. The highest BCUT2D eigenvalue weighted by Crippen LogP contribution is 2.23. The van der Waals surface area contributed by atoms with Crippen molar-refractivity contribution in [3.63, 3.8) is 0 Å². The van der Waals surface area contributed by atoms with Gasteiger partial charge >= 0.3 is 0 Å². The molecule has 19 heavy (non-hydrogen) atoms. The molecule has 1 fully saturated rings. The monoisotopic (exact) mass is 300 g/mol. The molecule has 2 N–H and O–H groups in total. The molecule has 1 aromatic carbocycles. The number of hydrogen-bond acceptors (Lipinski definition) is 2. The molecule has 5 heteroatoms. The highest BCUT2D eigenvalue weighted by Gasteiger charge is 2.28. The molecule has 3 nitrogen and oxygen atoms in total. The third-order valence-electron chi connectivity index (χ3n) is 3.50. The van der Waals surface area contributed by atoms with Gasteiger partial charge in [-0.3, -0.25) is 4.79 Å². The van der Waals surface area contributed by atoms with Gasteiger partial charge in [-0.2, -0.15) is 0 Å². The zero-order valence-electron chi connectivity index (χ0n) is 10.9. The molecule has 0 saturated carbocycles. The maximum Gasteiger partial charge on any atom is 0.224 e. The van der Waals surface area contributed by atoms with E-state index in [1.165, 1.54) is 0 Å². The lowest BCUT2D eigenvalue weighted by molar-refractivity contribution is -0.122. The van der Waals surface area contributed by atoms with Crippen LogP contribution in [0.3, 0.4) is 0 Å². The van der Waals surface area contributed by atoms with Gasteiger partial charge in [0.15, 0.2) is 0 Å². The number of nitrogens with one attached hydrogen (secondary N) is 2. The fourth-order valence-electron chi connectivity index (χ4n) is 2.32. The Morgan fingerprint density at radius 3 is 2.63 bits per heavy atom. The summed E-state index contributed by atoms with van der Waals surface area (Å²) in [6.07, 6.45) is 2.25. The fourth-order valence-corrected chi connectivity index (χ4v) is 2.64. The van der Waals surface area contributed by atoms with E-state index < -0.39 is 0 Å². The average Bonchev–Trinajstić information content (AvgIpc) is 2.34. The summed E-state index contributed by atoms with van der Waals surface area (Å²) in [6, 6.07) is 5.30. The molecule has 0 aromatic heterocycles. The Hall–Kier alpha value is -0.770. The van der Waals surface area contributed by atoms with Crippen molar-refractivity contribution >= 4 is 29.1 Å². The molecule has 2 rings (SSSR count). The minimum Gasteiger partial charge on any atom is -0.351 e. The Labute approximate surface area is 123 Å². The van der Waals surface area contributed by atoms with E-state index in [9.17, 15) is 4.79 Å². The number of carbonyl (C=O) groups is 1. The molecule has 104 valence electrons. The van der Waals surface area contributed by atoms with Gasteiger partial charge in [-0.15, -0.1) is 0 Å². The Morgan fingerprint density at radius 1 is 1.32 bits per heavy atom. The lowest BCUT2D eigenvalue weighted by Crippen LogP contribution is -2.52. The van der Waals surface area contributed by atoms with Crippen molar-refractivity contribution in [3.05, 3.63) is 33.8 Å². The number of amides is 1. The summed E-state index contributed by atoms with van der Waals surface area (Å²) in [7, 11) is 0. The van der Waals surface area contributed by atoms with Crippen molar-refractivity contribution in [3.8, 4) is 0 Å². The molecule has 1 aromatic rings. The van der Waals surface area contributed by atoms with Crippen LogP contribution < -0.4 is 10.6 Å². The van der Waals surface area contributed by atoms with Crippen LogP contribution in [0.2, 0.25) is 10.0 Å². The van der Waals surface area contributed by atoms with Crippen LogP contribution in [0.5, 0.6) is 0 Å². The predicted octanol–water partition coefficient (Wildman–Crippen LogP) is 2.79. The molecule has 0 aliphatic carbocycles. The summed E-state index contributed by atoms with van der Waals surface area (Å²) in [6.45, 7) is 3.99. The summed E-state index contributed by atoms with van der Waals surface area (Å²) in [5.74, 6) is 0.0304. The van der Waals surface area contributed by atoms with Crippen LogP contribution in [0.15, 0.2) is 18.2 Å². The second kappa shape index (κ2) is 6.12. The van der Waals surface area contributed by atoms with Gasteiger partial charge in [0.05, 0.1) is 16.5 Å². The van der Waals surface area contributed by atoms with Crippen LogP contribution in [0.4, 0.5) is 0 Å². The van der Waals surface area contributed by atoms with Gasteiger partial charge in [-0.25, -0.2) is 0 Å². The van der Waals surface area contributed by atoms with E-state index in [1.807, 2.05) is 6.07 Å². The fraction of sp³-hybridized carbons (Fsp3) is 0.500. The normalized spacial score (nSPS) is 18.1. The first-order valence-corrected chi connectivity index (χ1v) is 7.20. The standard InChI is InChI=1S/C14H18Cl2N2O/c1-14(4-6-17-7-5-14)18-13(19)9-10-2-3-11(15)12(16)8-10/h2-3,8,17H,4-7,9H2,1H3,(H,18,19). The molecule has 1 amide bonds. The minimum atomic E-state index is -0.0987. The van der Waals surface area contributed by atoms with Crippen molar-refractivity contribution in [1.29, 1.82) is 0 Å². The molecular weight excluding hydrogens is 283 g/mol. The van der Waals surface area contributed by atoms with Gasteiger partial charge in [0.2, 0.25) is 5.91 Å². The van der Waals surface area contributed by atoms with Gasteiger partial charge in [0.25, 0.3) is 0 Å². The van der Waals surface area contributed by atoms with Crippen molar-refractivity contribution in [2.24, 2.45) is 0 Å². The largest absolute Gasteiger partial charge is 0.351 e. The number of hydrogen-bond donors (Lipinski definition) is 2. The van der Waals surface area contributed by atoms with Gasteiger partial charge in [-0.1, -0.05) is 29.3 Å². The maximum atomic E-state index is 12.1. The van der Waals surface area contributed by atoms with Gasteiger partial charge in [0, 0.05) is 5.54 Å². The van der Waals surface area contributed by atoms with Crippen LogP contribution >= 0.6 is 23.2 Å². The zero-order valence-corrected chi connectivity index (χ0v) is 12.4. The molecule has 0 radical (unpaired) electrons. The maximum absolute atomic E-state index is 12.1.